The molecule has 1 saturated carbocycles. The molecule has 1 fully saturated rings. The summed E-state index contributed by atoms with van der Waals surface area (Å²) in [6, 6.07) is 8.97. The third-order valence-corrected chi connectivity index (χ3v) is 4.60. The molecule has 0 amide bonds. The highest BCUT2D eigenvalue weighted by atomic mass is 16.4. The van der Waals surface area contributed by atoms with Crippen LogP contribution in [0, 0.1) is 12.8 Å². The number of aliphatic carboxylic acids is 1. The molecule has 3 nitrogen and oxygen atoms in total. The minimum atomic E-state index is -0.714. The Morgan fingerprint density at radius 3 is 2.57 bits per heavy atom. The smallest absolute Gasteiger partial charge is 0.305 e. The normalized spacial score (nSPS) is 22.6. The molecule has 0 heterocycles. The number of carboxylic acids is 1. The van der Waals surface area contributed by atoms with Gasteiger partial charge in [0.05, 0.1) is 6.42 Å². The molecule has 2 rings (SSSR count). The van der Waals surface area contributed by atoms with Crippen LogP contribution in [-0.4, -0.2) is 23.7 Å². The van der Waals surface area contributed by atoms with Crippen LogP contribution in [0.5, 0.6) is 0 Å². The van der Waals surface area contributed by atoms with Gasteiger partial charge in [0.2, 0.25) is 0 Å². The zero-order valence-corrected chi connectivity index (χ0v) is 13.2. The number of aryl methyl sites for hydroxylation is 1. The third-order valence-electron chi connectivity index (χ3n) is 4.60. The lowest BCUT2D eigenvalue weighted by Crippen LogP contribution is -2.36. The Labute approximate surface area is 128 Å². The molecule has 0 aliphatic heterocycles. The highest BCUT2D eigenvalue weighted by Gasteiger charge is 2.23. The van der Waals surface area contributed by atoms with Crippen molar-refractivity contribution in [3.05, 3.63) is 29.8 Å². The molecule has 0 aromatic heterocycles. The maximum Gasteiger partial charge on any atom is 0.305 e. The minimum absolute atomic E-state index is 0.208. The van der Waals surface area contributed by atoms with Crippen molar-refractivity contribution in [1.29, 1.82) is 0 Å². The quantitative estimate of drug-likeness (QED) is 0.824. The first kappa shape index (κ1) is 15.9. The van der Waals surface area contributed by atoms with Crippen molar-refractivity contribution in [1.82, 2.24) is 0 Å². The molecule has 1 aliphatic carbocycles. The van der Waals surface area contributed by atoms with Gasteiger partial charge in [-0.1, -0.05) is 37.5 Å². The molecule has 1 aliphatic rings. The fourth-order valence-corrected chi connectivity index (χ4v) is 3.25. The lowest BCUT2D eigenvalue weighted by molar-refractivity contribution is -0.136. The van der Waals surface area contributed by atoms with Crippen molar-refractivity contribution in [2.45, 2.75) is 58.4 Å². The van der Waals surface area contributed by atoms with Crippen molar-refractivity contribution in [3.63, 3.8) is 0 Å². The average Bonchev–Trinajstić information content (AvgIpc) is 2.66. The molecule has 1 aromatic carbocycles. The van der Waals surface area contributed by atoms with E-state index in [9.17, 15) is 4.79 Å². The topological polar surface area (TPSA) is 40.5 Å². The number of rotatable bonds is 5. The van der Waals surface area contributed by atoms with Gasteiger partial charge in [0.15, 0.2) is 0 Å². The van der Waals surface area contributed by atoms with Crippen molar-refractivity contribution < 1.29 is 9.90 Å². The Morgan fingerprint density at radius 2 is 1.90 bits per heavy atom. The molecule has 116 valence electrons. The van der Waals surface area contributed by atoms with E-state index in [0.717, 1.165) is 5.92 Å². The van der Waals surface area contributed by atoms with Gasteiger partial charge in [-0.2, -0.15) is 0 Å². The highest BCUT2D eigenvalue weighted by Crippen LogP contribution is 2.29. The monoisotopic (exact) mass is 289 g/mol. The van der Waals surface area contributed by atoms with E-state index in [1.807, 2.05) is 0 Å². The van der Waals surface area contributed by atoms with Gasteiger partial charge >= 0.3 is 5.97 Å². The maximum atomic E-state index is 11.0. The summed E-state index contributed by atoms with van der Waals surface area (Å²) in [5.74, 6) is 0.0865. The van der Waals surface area contributed by atoms with Crippen LogP contribution in [0.15, 0.2) is 24.3 Å². The van der Waals surface area contributed by atoms with Crippen LogP contribution in [-0.2, 0) is 4.79 Å². The van der Waals surface area contributed by atoms with Gasteiger partial charge in [-0.25, -0.2) is 0 Å². The fourth-order valence-electron chi connectivity index (χ4n) is 3.25. The molecule has 0 bridgehead atoms. The van der Waals surface area contributed by atoms with Gasteiger partial charge in [0, 0.05) is 18.3 Å². The minimum Gasteiger partial charge on any atom is -0.481 e. The SMILES string of the molecule is Cc1ccc(N(CCC(=O)O)C2CCCC(C)CC2)cc1. The van der Waals surface area contributed by atoms with Crippen molar-refractivity contribution in [2.75, 3.05) is 11.4 Å². The molecule has 2 unspecified atom stereocenters. The highest BCUT2D eigenvalue weighted by molar-refractivity contribution is 5.67. The van der Waals surface area contributed by atoms with Crippen molar-refractivity contribution >= 4 is 11.7 Å². The summed E-state index contributed by atoms with van der Waals surface area (Å²) in [5.41, 5.74) is 2.41. The Morgan fingerprint density at radius 1 is 1.19 bits per heavy atom. The maximum absolute atomic E-state index is 11.0. The average molecular weight is 289 g/mol. The Kier molecular flexibility index (Phi) is 5.66. The number of hydrogen-bond donors (Lipinski definition) is 1. The van der Waals surface area contributed by atoms with Crippen LogP contribution < -0.4 is 4.90 Å². The summed E-state index contributed by atoms with van der Waals surface area (Å²) < 4.78 is 0. The molecule has 0 saturated heterocycles. The van der Waals surface area contributed by atoms with E-state index in [4.69, 9.17) is 5.11 Å². The van der Waals surface area contributed by atoms with E-state index >= 15 is 0 Å². The van der Waals surface area contributed by atoms with E-state index in [2.05, 4.69) is 43.0 Å². The fraction of sp³-hybridized carbons (Fsp3) is 0.611. The van der Waals surface area contributed by atoms with Crippen LogP contribution in [0.3, 0.4) is 0 Å². The Balaban J connectivity index is 2.14. The van der Waals surface area contributed by atoms with E-state index in [1.165, 1.54) is 43.4 Å². The second-order valence-electron chi connectivity index (χ2n) is 6.44. The van der Waals surface area contributed by atoms with E-state index < -0.39 is 5.97 Å². The Hall–Kier alpha value is -1.51. The number of carbonyl (C=O) groups is 1. The van der Waals surface area contributed by atoms with Crippen LogP contribution in [0.4, 0.5) is 5.69 Å². The van der Waals surface area contributed by atoms with Gasteiger partial charge < -0.3 is 10.0 Å². The molecule has 0 radical (unpaired) electrons. The lowest BCUT2D eigenvalue weighted by Gasteiger charge is -2.33. The predicted molar refractivity (Wildman–Crippen MR) is 86.8 cm³/mol. The van der Waals surface area contributed by atoms with Crippen LogP contribution in [0.25, 0.3) is 0 Å². The molecule has 1 aromatic rings. The first-order valence-electron chi connectivity index (χ1n) is 8.11. The lowest BCUT2D eigenvalue weighted by atomic mass is 10.0. The summed E-state index contributed by atoms with van der Waals surface area (Å²) in [7, 11) is 0. The zero-order valence-electron chi connectivity index (χ0n) is 13.2. The van der Waals surface area contributed by atoms with Crippen LogP contribution >= 0.6 is 0 Å². The second kappa shape index (κ2) is 7.48. The first-order valence-corrected chi connectivity index (χ1v) is 8.11. The summed E-state index contributed by atoms with van der Waals surface area (Å²) in [6.45, 7) is 5.02. The molecular weight excluding hydrogens is 262 g/mol. The van der Waals surface area contributed by atoms with Crippen molar-refractivity contribution in [3.8, 4) is 0 Å². The molecule has 3 heteroatoms. The second-order valence-corrected chi connectivity index (χ2v) is 6.44. The number of anilines is 1. The largest absolute Gasteiger partial charge is 0.481 e. The molecule has 0 spiro atoms. The number of hydrogen-bond acceptors (Lipinski definition) is 2. The summed E-state index contributed by atoms with van der Waals surface area (Å²) in [4.78, 5) is 13.3. The van der Waals surface area contributed by atoms with E-state index in [1.54, 1.807) is 0 Å². The molecule has 1 N–H and O–H groups in total. The summed E-state index contributed by atoms with van der Waals surface area (Å²) >= 11 is 0. The molecule has 2 atom stereocenters. The number of nitrogens with zero attached hydrogens (tertiary/aromatic N) is 1. The first-order chi connectivity index (χ1) is 10.1. The standard InChI is InChI=1S/C18H27NO2/c1-14-4-3-5-16(9-6-14)19(13-12-18(20)21)17-10-7-15(2)8-11-17/h7-8,10-11,14,16H,3-6,9,12-13H2,1-2H3,(H,20,21). The zero-order chi connectivity index (χ0) is 15.2. The van der Waals surface area contributed by atoms with E-state index in [0.29, 0.717) is 12.6 Å². The predicted octanol–water partition coefficient (Wildman–Crippen LogP) is 4.24. The molecule has 21 heavy (non-hydrogen) atoms. The van der Waals surface area contributed by atoms with Crippen LogP contribution in [0.1, 0.15) is 51.0 Å². The number of carboxylic acid groups (broad SMARTS) is 1. The Bertz CT molecular complexity index is 455. The van der Waals surface area contributed by atoms with Gasteiger partial charge in [-0.05, 0) is 44.2 Å². The van der Waals surface area contributed by atoms with Gasteiger partial charge in [-0.15, -0.1) is 0 Å². The van der Waals surface area contributed by atoms with Crippen LogP contribution in [0.2, 0.25) is 0 Å². The van der Waals surface area contributed by atoms with E-state index in [-0.39, 0.29) is 6.42 Å². The van der Waals surface area contributed by atoms with Crippen molar-refractivity contribution in [2.24, 2.45) is 5.92 Å². The van der Waals surface area contributed by atoms with Gasteiger partial charge in [-0.3, -0.25) is 4.79 Å². The summed E-state index contributed by atoms with van der Waals surface area (Å²) in [6.07, 6.45) is 6.37. The van der Waals surface area contributed by atoms with Gasteiger partial charge in [0.25, 0.3) is 0 Å². The summed E-state index contributed by atoms with van der Waals surface area (Å²) in [5, 5.41) is 9.02. The van der Waals surface area contributed by atoms with Gasteiger partial charge in [0.1, 0.15) is 0 Å². The number of benzene rings is 1. The molecular formula is C18H27NO2. The third kappa shape index (κ3) is 4.76.